The van der Waals surface area contributed by atoms with Crippen molar-refractivity contribution in [3.63, 3.8) is 0 Å². The molecule has 0 radical (unpaired) electrons. The van der Waals surface area contributed by atoms with E-state index in [1.807, 2.05) is 0 Å². The summed E-state index contributed by atoms with van der Waals surface area (Å²) >= 11 is 0. The summed E-state index contributed by atoms with van der Waals surface area (Å²) in [6, 6.07) is 2.89. The van der Waals surface area contributed by atoms with Crippen molar-refractivity contribution in [3.05, 3.63) is 17.8 Å². The minimum atomic E-state index is -0.846. The number of carboxylic acid groups (broad SMARTS) is 1. The molecular formula is C11H14N4O3. The third-order valence-electron chi connectivity index (χ3n) is 2.84. The first kappa shape index (κ1) is 12.3. The Morgan fingerprint density at radius 1 is 1.44 bits per heavy atom. The average Bonchev–Trinajstić information content (AvgIpc) is 3.12. The van der Waals surface area contributed by atoms with E-state index in [2.05, 4.69) is 15.5 Å². The molecule has 1 heterocycles. The zero-order valence-electron chi connectivity index (χ0n) is 9.67. The topological polar surface area (TPSA) is 118 Å². The highest BCUT2D eigenvalue weighted by molar-refractivity contribution is 5.90. The van der Waals surface area contributed by atoms with E-state index in [0.717, 1.165) is 12.8 Å². The number of nitrogens with zero attached hydrogens (tertiary/aromatic N) is 2. The molecule has 7 nitrogen and oxygen atoms in total. The predicted octanol–water partition coefficient (Wildman–Crippen LogP) is 0.241. The molecule has 1 saturated carbocycles. The van der Waals surface area contributed by atoms with E-state index >= 15 is 0 Å². The number of hydrogen-bond donors (Lipinski definition) is 3. The molecule has 0 saturated heterocycles. The van der Waals surface area contributed by atoms with Gasteiger partial charge in [0.05, 0.1) is 6.42 Å². The Labute approximate surface area is 103 Å². The van der Waals surface area contributed by atoms with Crippen molar-refractivity contribution in [2.75, 3.05) is 5.32 Å². The Morgan fingerprint density at radius 3 is 2.61 bits per heavy atom. The smallest absolute Gasteiger partial charge is 0.305 e. The molecule has 7 heteroatoms. The maximum atomic E-state index is 10.8. The van der Waals surface area contributed by atoms with E-state index in [0.29, 0.717) is 11.7 Å². The van der Waals surface area contributed by atoms with Crippen molar-refractivity contribution in [3.8, 4) is 0 Å². The maximum absolute atomic E-state index is 10.8. The van der Waals surface area contributed by atoms with E-state index in [1.54, 1.807) is 6.07 Å². The van der Waals surface area contributed by atoms with Crippen LogP contribution in [0.1, 0.15) is 29.8 Å². The maximum Gasteiger partial charge on any atom is 0.305 e. The highest BCUT2D eigenvalue weighted by Crippen LogP contribution is 2.35. The van der Waals surface area contributed by atoms with Crippen molar-refractivity contribution >= 4 is 17.7 Å². The molecule has 1 atom stereocenters. The Kier molecular flexibility index (Phi) is 3.40. The quantitative estimate of drug-likeness (QED) is 0.665. The molecule has 0 spiro atoms. The number of amides is 1. The summed E-state index contributed by atoms with van der Waals surface area (Å²) in [6.45, 7) is 0. The van der Waals surface area contributed by atoms with Gasteiger partial charge in [0, 0.05) is 6.04 Å². The number of rotatable bonds is 6. The summed E-state index contributed by atoms with van der Waals surface area (Å²) in [7, 11) is 0. The van der Waals surface area contributed by atoms with Crippen LogP contribution in [0.2, 0.25) is 0 Å². The molecule has 2 rings (SSSR count). The van der Waals surface area contributed by atoms with Crippen LogP contribution in [0.25, 0.3) is 0 Å². The summed E-state index contributed by atoms with van der Waals surface area (Å²) in [6.07, 6.45) is 2.10. The largest absolute Gasteiger partial charge is 0.481 e. The van der Waals surface area contributed by atoms with Gasteiger partial charge < -0.3 is 16.2 Å². The molecule has 1 amide bonds. The van der Waals surface area contributed by atoms with Gasteiger partial charge in [-0.05, 0) is 30.9 Å². The van der Waals surface area contributed by atoms with Crippen molar-refractivity contribution in [1.29, 1.82) is 0 Å². The van der Waals surface area contributed by atoms with Gasteiger partial charge in [-0.3, -0.25) is 9.59 Å². The lowest BCUT2D eigenvalue weighted by molar-refractivity contribution is -0.137. The van der Waals surface area contributed by atoms with Crippen molar-refractivity contribution < 1.29 is 14.7 Å². The second kappa shape index (κ2) is 4.99. The summed E-state index contributed by atoms with van der Waals surface area (Å²) in [5, 5.41) is 19.3. The molecule has 1 aliphatic carbocycles. The average molecular weight is 250 g/mol. The summed E-state index contributed by atoms with van der Waals surface area (Å²) in [4.78, 5) is 21.6. The number of aromatic nitrogens is 2. The van der Waals surface area contributed by atoms with Gasteiger partial charge in [-0.2, -0.15) is 0 Å². The normalized spacial score (nSPS) is 16.0. The van der Waals surface area contributed by atoms with Crippen molar-refractivity contribution in [2.45, 2.75) is 25.3 Å². The number of hydrogen-bond acceptors (Lipinski definition) is 5. The second-order valence-electron chi connectivity index (χ2n) is 4.35. The van der Waals surface area contributed by atoms with Crippen LogP contribution in [-0.4, -0.2) is 33.2 Å². The molecule has 1 unspecified atom stereocenters. The number of carbonyl (C=O) groups excluding carboxylic acids is 1. The highest BCUT2D eigenvalue weighted by Gasteiger charge is 2.32. The van der Waals surface area contributed by atoms with Gasteiger partial charge in [-0.15, -0.1) is 10.2 Å². The van der Waals surface area contributed by atoms with E-state index < -0.39 is 11.9 Å². The number of nitrogens with one attached hydrogen (secondary N) is 1. The first-order valence-electron chi connectivity index (χ1n) is 5.68. The first-order valence-corrected chi connectivity index (χ1v) is 5.68. The minimum absolute atomic E-state index is 0.0456. The standard InChI is InChI=1S/C11H14N4O3/c12-11(18)7-3-4-9(15-14-7)13-8(5-10(16)17)6-1-2-6/h3-4,6,8H,1-2,5H2,(H2,12,18)(H,13,15)(H,16,17). The van der Waals surface area contributed by atoms with Gasteiger partial charge in [0.1, 0.15) is 5.82 Å². The van der Waals surface area contributed by atoms with Gasteiger partial charge in [-0.25, -0.2) is 0 Å². The van der Waals surface area contributed by atoms with Crippen molar-refractivity contribution in [2.24, 2.45) is 11.7 Å². The Hall–Kier alpha value is -2.18. The third kappa shape index (κ3) is 3.16. The zero-order chi connectivity index (χ0) is 13.1. The van der Waals surface area contributed by atoms with Crippen LogP contribution >= 0.6 is 0 Å². The predicted molar refractivity (Wildman–Crippen MR) is 62.9 cm³/mol. The van der Waals surface area contributed by atoms with Crippen LogP contribution in [0.15, 0.2) is 12.1 Å². The zero-order valence-corrected chi connectivity index (χ0v) is 9.67. The van der Waals surface area contributed by atoms with E-state index in [9.17, 15) is 9.59 Å². The van der Waals surface area contributed by atoms with E-state index in [1.165, 1.54) is 6.07 Å². The molecule has 1 aromatic rings. The number of nitrogens with two attached hydrogens (primary N) is 1. The Balaban J connectivity index is 2.02. The Morgan fingerprint density at radius 2 is 2.17 bits per heavy atom. The fourth-order valence-electron chi connectivity index (χ4n) is 1.75. The minimum Gasteiger partial charge on any atom is -0.481 e. The fraction of sp³-hybridized carbons (Fsp3) is 0.455. The monoisotopic (exact) mass is 250 g/mol. The molecule has 0 bridgehead atoms. The molecule has 18 heavy (non-hydrogen) atoms. The van der Waals surface area contributed by atoms with Gasteiger partial charge >= 0.3 is 5.97 Å². The molecule has 0 aliphatic heterocycles. The summed E-state index contributed by atoms with van der Waals surface area (Å²) in [5.41, 5.74) is 5.13. The molecule has 96 valence electrons. The lowest BCUT2D eigenvalue weighted by Crippen LogP contribution is -2.26. The number of aliphatic carboxylic acids is 1. The van der Waals surface area contributed by atoms with Crippen LogP contribution in [0, 0.1) is 5.92 Å². The molecule has 4 N–H and O–H groups in total. The third-order valence-corrected chi connectivity index (χ3v) is 2.84. The summed E-state index contributed by atoms with van der Waals surface area (Å²) < 4.78 is 0. The van der Waals surface area contributed by atoms with Gasteiger partial charge in [0.2, 0.25) is 0 Å². The first-order chi connectivity index (χ1) is 8.56. The van der Waals surface area contributed by atoms with Crippen LogP contribution in [-0.2, 0) is 4.79 Å². The number of carboxylic acids is 1. The number of primary amides is 1. The fourth-order valence-corrected chi connectivity index (χ4v) is 1.75. The lowest BCUT2D eigenvalue weighted by atomic mass is 10.1. The Bertz CT molecular complexity index is 456. The molecule has 0 aromatic carbocycles. The number of anilines is 1. The SMILES string of the molecule is NC(=O)c1ccc(NC(CC(=O)O)C2CC2)nn1. The van der Waals surface area contributed by atoms with Crippen LogP contribution < -0.4 is 11.1 Å². The van der Waals surface area contributed by atoms with Gasteiger partial charge in [0.25, 0.3) is 5.91 Å². The van der Waals surface area contributed by atoms with Gasteiger partial charge in [-0.1, -0.05) is 0 Å². The van der Waals surface area contributed by atoms with E-state index in [4.69, 9.17) is 10.8 Å². The molecule has 1 aliphatic rings. The molecule has 1 fully saturated rings. The lowest BCUT2D eigenvalue weighted by Gasteiger charge is -2.16. The highest BCUT2D eigenvalue weighted by atomic mass is 16.4. The van der Waals surface area contributed by atoms with Crippen molar-refractivity contribution in [1.82, 2.24) is 10.2 Å². The van der Waals surface area contributed by atoms with Crippen LogP contribution in [0.4, 0.5) is 5.82 Å². The molecular weight excluding hydrogens is 236 g/mol. The van der Waals surface area contributed by atoms with E-state index in [-0.39, 0.29) is 18.2 Å². The summed E-state index contributed by atoms with van der Waals surface area (Å²) in [5.74, 6) is -0.656. The molecule has 1 aromatic heterocycles. The van der Waals surface area contributed by atoms with Gasteiger partial charge in [0.15, 0.2) is 5.69 Å². The number of carbonyl (C=O) groups is 2. The van der Waals surface area contributed by atoms with Crippen LogP contribution in [0.5, 0.6) is 0 Å². The second-order valence-corrected chi connectivity index (χ2v) is 4.35. The van der Waals surface area contributed by atoms with Crippen LogP contribution in [0.3, 0.4) is 0 Å².